The van der Waals surface area contributed by atoms with Crippen molar-refractivity contribution in [3.05, 3.63) is 30.3 Å². The smallest absolute Gasteiger partial charge is 0.328 e. The zero-order chi connectivity index (χ0) is 12.5. The summed E-state index contributed by atoms with van der Waals surface area (Å²) in [6.07, 6.45) is 0. The van der Waals surface area contributed by atoms with Crippen LogP contribution in [0.25, 0.3) is 0 Å². The Bertz CT molecular complexity index is 535. The minimum atomic E-state index is -3.82. The standard InChI is InChI=1S/C10H9NO5S/c12-9-6-11(7-10(13)16-9)17(14,15)8-4-2-1-3-5-8/h1-5H,6-7H2. The van der Waals surface area contributed by atoms with Gasteiger partial charge in [0.1, 0.15) is 13.1 Å². The van der Waals surface area contributed by atoms with Crippen molar-refractivity contribution in [1.82, 2.24) is 4.31 Å². The fourth-order valence-corrected chi connectivity index (χ4v) is 2.80. The van der Waals surface area contributed by atoms with E-state index in [9.17, 15) is 18.0 Å². The molecule has 0 aliphatic carbocycles. The van der Waals surface area contributed by atoms with E-state index in [1.54, 1.807) is 18.2 Å². The molecule has 17 heavy (non-hydrogen) atoms. The van der Waals surface area contributed by atoms with E-state index in [2.05, 4.69) is 4.74 Å². The Morgan fingerprint density at radius 1 is 1.00 bits per heavy atom. The molecule has 0 atom stereocenters. The third kappa shape index (κ3) is 2.34. The summed E-state index contributed by atoms with van der Waals surface area (Å²) in [5.41, 5.74) is 0. The van der Waals surface area contributed by atoms with Gasteiger partial charge in [0.05, 0.1) is 4.90 Å². The van der Waals surface area contributed by atoms with E-state index in [0.717, 1.165) is 4.31 Å². The molecule has 7 heteroatoms. The van der Waals surface area contributed by atoms with Gasteiger partial charge in [0.25, 0.3) is 0 Å². The Labute approximate surface area is 97.8 Å². The van der Waals surface area contributed by atoms with Crippen molar-refractivity contribution in [2.45, 2.75) is 4.90 Å². The Morgan fingerprint density at radius 2 is 1.53 bits per heavy atom. The number of carbonyl (C=O) groups excluding carboxylic acids is 2. The van der Waals surface area contributed by atoms with Crippen LogP contribution in [0.4, 0.5) is 0 Å². The summed E-state index contributed by atoms with van der Waals surface area (Å²) in [5, 5.41) is 0. The molecule has 1 heterocycles. The lowest BCUT2D eigenvalue weighted by molar-refractivity contribution is -0.164. The van der Waals surface area contributed by atoms with Crippen molar-refractivity contribution >= 4 is 22.0 Å². The second-order valence-corrected chi connectivity index (χ2v) is 5.37. The SMILES string of the molecule is O=C1CN(S(=O)(=O)c2ccccc2)CC(=O)O1. The number of cyclic esters (lactones) is 2. The number of hydrogen-bond donors (Lipinski definition) is 0. The zero-order valence-corrected chi connectivity index (χ0v) is 9.51. The van der Waals surface area contributed by atoms with Crippen LogP contribution in [0.1, 0.15) is 0 Å². The molecule has 1 aliphatic rings. The van der Waals surface area contributed by atoms with Crippen molar-refractivity contribution in [2.24, 2.45) is 0 Å². The molecule has 0 radical (unpaired) electrons. The van der Waals surface area contributed by atoms with Crippen molar-refractivity contribution < 1.29 is 22.7 Å². The highest BCUT2D eigenvalue weighted by Crippen LogP contribution is 2.16. The fraction of sp³-hybridized carbons (Fsp3) is 0.200. The van der Waals surface area contributed by atoms with E-state index < -0.39 is 35.1 Å². The molecule has 1 saturated heterocycles. The number of hydrogen-bond acceptors (Lipinski definition) is 5. The second-order valence-electron chi connectivity index (χ2n) is 3.43. The number of rotatable bonds is 2. The summed E-state index contributed by atoms with van der Waals surface area (Å²) in [6, 6.07) is 7.61. The third-order valence-corrected chi connectivity index (χ3v) is 4.03. The summed E-state index contributed by atoms with van der Waals surface area (Å²) in [7, 11) is -3.82. The first kappa shape index (κ1) is 11.7. The van der Waals surface area contributed by atoms with Gasteiger partial charge in [-0.2, -0.15) is 4.31 Å². The molecule has 1 aliphatic heterocycles. The normalized spacial score (nSPS) is 17.9. The minimum absolute atomic E-state index is 0.0440. The monoisotopic (exact) mass is 255 g/mol. The third-order valence-electron chi connectivity index (χ3n) is 2.22. The minimum Gasteiger partial charge on any atom is -0.391 e. The molecule has 0 amide bonds. The van der Waals surface area contributed by atoms with Crippen molar-refractivity contribution in [3.63, 3.8) is 0 Å². The van der Waals surface area contributed by atoms with E-state index in [4.69, 9.17) is 0 Å². The Kier molecular flexibility index (Phi) is 2.95. The van der Waals surface area contributed by atoms with Gasteiger partial charge in [-0.05, 0) is 12.1 Å². The van der Waals surface area contributed by atoms with Gasteiger partial charge >= 0.3 is 11.9 Å². The summed E-state index contributed by atoms with van der Waals surface area (Å²) in [5.74, 6) is -1.72. The summed E-state index contributed by atoms with van der Waals surface area (Å²) < 4.78 is 29.2. The van der Waals surface area contributed by atoms with Crippen molar-refractivity contribution in [1.29, 1.82) is 0 Å². The zero-order valence-electron chi connectivity index (χ0n) is 8.70. The van der Waals surface area contributed by atoms with Crippen molar-refractivity contribution in [3.8, 4) is 0 Å². The fourth-order valence-electron chi connectivity index (χ4n) is 1.45. The topological polar surface area (TPSA) is 80.8 Å². The van der Waals surface area contributed by atoms with E-state index in [0.29, 0.717) is 0 Å². The molecule has 6 nitrogen and oxygen atoms in total. The van der Waals surface area contributed by atoms with Crippen LogP contribution in [0.3, 0.4) is 0 Å². The van der Waals surface area contributed by atoms with Crippen LogP contribution in [0.2, 0.25) is 0 Å². The molecular weight excluding hydrogens is 246 g/mol. The van der Waals surface area contributed by atoms with Crippen LogP contribution in [0.15, 0.2) is 35.2 Å². The van der Waals surface area contributed by atoms with Gasteiger partial charge in [-0.1, -0.05) is 18.2 Å². The molecule has 2 rings (SSSR count). The maximum absolute atomic E-state index is 12.0. The number of morpholine rings is 1. The molecular formula is C10H9NO5S. The summed E-state index contributed by atoms with van der Waals surface area (Å²) in [4.78, 5) is 22.1. The summed E-state index contributed by atoms with van der Waals surface area (Å²) in [6.45, 7) is -0.883. The number of ether oxygens (including phenoxy) is 1. The van der Waals surface area contributed by atoms with E-state index in [1.165, 1.54) is 12.1 Å². The first-order chi connectivity index (χ1) is 8.00. The van der Waals surface area contributed by atoms with Crippen LogP contribution in [0, 0.1) is 0 Å². The lowest BCUT2D eigenvalue weighted by atomic mass is 10.4. The van der Waals surface area contributed by atoms with Crippen LogP contribution in [-0.4, -0.2) is 37.8 Å². The first-order valence-corrected chi connectivity index (χ1v) is 6.23. The molecule has 1 fully saturated rings. The molecule has 0 N–H and O–H groups in total. The van der Waals surface area contributed by atoms with Gasteiger partial charge < -0.3 is 4.74 Å². The molecule has 0 saturated carbocycles. The number of carbonyl (C=O) groups is 2. The highest BCUT2D eigenvalue weighted by molar-refractivity contribution is 7.89. The van der Waals surface area contributed by atoms with Gasteiger partial charge in [-0.25, -0.2) is 8.42 Å². The highest BCUT2D eigenvalue weighted by atomic mass is 32.2. The number of nitrogens with zero attached hydrogens (tertiary/aromatic N) is 1. The van der Waals surface area contributed by atoms with Gasteiger partial charge in [-0.3, -0.25) is 9.59 Å². The quantitative estimate of drug-likeness (QED) is 0.538. The van der Waals surface area contributed by atoms with Gasteiger partial charge in [0.15, 0.2) is 0 Å². The van der Waals surface area contributed by atoms with Crippen LogP contribution >= 0.6 is 0 Å². The van der Waals surface area contributed by atoms with Crippen LogP contribution < -0.4 is 0 Å². The van der Waals surface area contributed by atoms with E-state index in [-0.39, 0.29) is 4.90 Å². The number of esters is 2. The maximum atomic E-state index is 12.0. The van der Waals surface area contributed by atoms with Crippen LogP contribution in [0.5, 0.6) is 0 Å². The number of sulfonamides is 1. The Morgan fingerprint density at radius 3 is 2.06 bits per heavy atom. The number of benzene rings is 1. The lowest BCUT2D eigenvalue weighted by Crippen LogP contribution is -2.45. The molecule has 90 valence electrons. The van der Waals surface area contributed by atoms with Gasteiger partial charge in [0, 0.05) is 0 Å². The second kappa shape index (κ2) is 4.27. The predicted molar refractivity (Wildman–Crippen MR) is 56.3 cm³/mol. The largest absolute Gasteiger partial charge is 0.391 e. The first-order valence-electron chi connectivity index (χ1n) is 4.79. The molecule has 0 aromatic heterocycles. The molecule has 1 aromatic rings. The van der Waals surface area contributed by atoms with E-state index in [1.807, 2.05) is 0 Å². The molecule has 0 unspecified atom stereocenters. The lowest BCUT2D eigenvalue weighted by Gasteiger charge is -2.23. The Hall–Kier alpha value is -1.73. The summed E-state index contributed by atoms with van der Waals surface area (Å²) >= 11 is 0. The molecule has 1 aromatic carbocycles. The van der Waals surface area contributed by atoms with E-state index >= 15 is 0 Å². The maximum Gasteiger partial charge on any atom is 0.328 e. The van der Waals surface area contributed by atoms with Crippen molar-refractivity contribution in [2.75, 3.05) is 13.1 Å². The van der Waals surface area contributed by atoms with Crippen LogP contribution in [-0.2, 0) is 24.3 Å². The highest BCUT2D eigenvalue weighted by Gasteiger charge is 2.34. The molecule has 0 bridgehead atoms. The average molecular weight is 255 g/mol. The predicted octanol–water partition coefficient (Wildman–Crippen LogP) is -0.239. The Balaban J connectivity index is 2.33. The molecule has 0 spiro atoms. The van der Waals surface area contributed by atoms with Gasteiger partial charge in [-0.15, -0.1) is 0 Å². The average Bonchev–Trinajstić information content (AvgIpc) is 2.29. The van der Waals surface area contributed by atoms with Gasteiger partial charge in [0.2, 0.25) is 10.0 Å².